The smallest absolute Gasteiger partial charge is 0.0533 e. The molecule has 0 saturated heterocycles. The van der Waals surface area contributed by atoms with Gasteiger partial charge in [0.05, 0.1) is 4.88 Å². The summed E-state index contributed by atoms with van der Waals surface area (Å²) in [5.74, 6) is 1.60. The van der Waals surface area contributed by atoms with E-state index in [0.717, 1.165) is 11.8 Å². The zero-order valence-electron chi connectivity index (χ0n) is 24.6. The summed E-state index contributed by atoms with van der Waals surface area (Å²) in [5, 5.41) is 1.49. The number of rotatable bonds is 13. The van der Waals surface area contributed by atoms with Crippen molar-refractivity contribution in [3.8, 4) is 19.5 Å². The van der Waals surface area contributed by atoms with Crippen molar-refractivity contribution in [2.75, 3.05) is 0 Å². The molecule has 4 aromatic rings. The van der Waals surface area contributed by atoms with E-state index in [-0.39, 0.29) is 5.41 Å². The summed E-state index contributed by atoms with van der Waals surface area (Å²) >= 11 is 8.16. The van der Waals surface area contributed by atoms with E-state index < -0.39 is 0 Å². The number of fused-ring (bicyclic) bond motifs is 4. The minimum atomic E-state index is 0.184. The average Bonchev–Trinajstić information content (AvgIpc) is 3.69. The van der Waals surface area contributed by atoms with Crippen LogP contribution in [0.4, 0.5) is 0 Å². The van der Waals surface area contributed by atoms with Crippen LogP contribution in [0.3, 0.4) is 0 Å². The first kappa shape index (κ1) is 28.6. The third-order valence-electron chi connectivity index (χ3n) is 9.08. The van der Waals surface area contributed by atoms with Crippen molar-refractivity contribution in [2.45, 2.75) is 118 Å². The quantitative estimate of drug-likeness (QED) is 0.147. The Balaban J connectivity index is 1.67. The van der Waals surface area contributed by atoms with Gasteiger partial charge in [0, 0.05) is 44.8 Å². The van der Waals surface area contributed by atoms with Crippen molar-refractivity contribution in [1.29, 1.82) is 0 Å². The van der Waals surface area contributed by atoms with E-state index in [1.54, 1.807) is 20.9 Å². The highest BCUT2D eigenvalue weighted by molar-refractivity contribution is 7.29. The summed E-state index contributed by atoms with van der Waals surface area (Å²) in [7, 11) is 0. The fourth-order valence-electron chi connectivity index (χ4n) is 6.99. The first-order valence-electron chi connectivity index (χ1n) is 15.1. The van der Waals surface area contributed by atoms with Crippen molar-refractivity contribution in [2.24, 2.45) is 11.8 Å². The third kappa shape index (κ3) is 5.13. The fourth-order valence-corrected chi connectivity index (χ4v) is 11.9. The van der Waals surface area contributed by atoms with Gasteiger partial charge in [0.2, 0.25) is 0 Å². The van der Waals surface area contributed by atoms with Crippen LogP contribution in [0.1, 0.15) is 118 Å². The highest BCUT2D eigenvalue weighted by atomic mass is 32.1. The molecule has 1 aliphatic carbocycles. The molecular weight excluding hydrogens is 537 g/mol. The lowest BCUT2D eigenvalue weighted by molar-refractivity contribution is 0.266. The molecule has 0 amide bonds. The molecule has 0 spiro atoms. The maximum atomic E-state index is 2.68. The summed E-state index contributed by atoms with van der Waals surface area (Å²) in [6, 6.07) is 7.72. The van der Waals surface area contributed by atoms with Crippen LogP contribution in [0.25, 0.3) is 29.6 Å². The van der Waals surface area contributed by atoms with Gasteiger partial charge >= 0.3 is 0 Å². The minimum Gasteiger partial charge on any atom is -0.139 e. The molecular formula is C34H46S4. The number of aryl methyl sites for hydroxylation is 3. The zero-order chi connectivity index (χ0) is 27.0. The Kier molecular flexibility index (Phi) is 8.94. The van der Waals surface area contributed by atoms with Crippen molar-refractivity contribution in [3.63, 3.8) is 0 Å². The van der Waals surface area contributed by atoms with Gasteiger partial charge in [-0.2, -0.15) is 0 Å². The van der Waals surface area contributed by atoms with Crippen molar-refractivity contribution < 1.29 is 0 Å². The molecule has 0 nitrogen and oxygen atoms in total. The zero-order valence-corrected chi connectivity index (χ0v) is 27.9. The largest absolute Gasteiger partial charge is 0.139 e. The molecule has 0 aromatic carbocycles. The molecule has 0 radical (unpaired) electrons. The van der Waals surface area contributed by atoms with Gasteiger partial charge in [0.25, 0.3) is 0 Å². The molecule has 0 fully saturated rings. The molecule has 2 atom stereocenters. The van der Waals surface area contributed by atoms with E-state index in [4.69, 9.17) is 0 Å². The van der Waals surface area contributed by atoms with Crippen molar-refractivity contribution in [3.05, 3.63) is 44.0 Å². The normalized spacial score (nSPS) is 18.3. The Bertz CT molecular complexity index is 1360. The minimum absolute atomic E-state index is 0.184. The average molecular weight is 583 g/mol. The topological polar surface area (TPSA) is 0 Å². The van der Waals surface area contributed by atoms with Gasteiger partial charge in [-0.1, -0.05) is 79.1 Å². The van der Waals surface area contributed by atoms with Crippen LogP contribution in [0.2, 0.25) is 0 Å². The maximum absolute atomic E-state index is 2.68. The highest BCUT2D eigenvalue weighted by Gasteiger charge is 2.47. The Morgan fingerprint density at radius 3 is 1.84 bits per heavy atom. The molecule has 4 aromatic heterocycles. The van der Waals surface area contributed by atoms with Crippen LogP contribution in [-0.4, -0.2) is 0 Å². The summed E-state index contributed by atoms with van der Waals surface area (Å²) < 4.78 is 1.51. The number of unbranched alkanes of at least 4 members (excludes halogenated alkanes) is 2. The van der Waals surface area contributed by atoms with Gasteiger partial charge < -0.3 is 0 Å². The molecule has 38 heavy (non-hydrogen) atoms. The molecule has 0 aliphatic heterocycles. The molecule has 2 unspecified atom stereocenters. The van der Waals surface area contributed by atoms with Gasteiger partial charge in [-0.3, -0.25) is 0 Å². The molecule has 4 heteroatoms. The number of thiophene rings is 4. The molecule has 0 N–H and O–H groups in total. The predicted molar refractivity (Wildman–Crippen MR) is 177 cm³/mol. The standard InChI is InChI=1S/C34H46S4/c1-8-12-14-24(10-3)19-34(20-25(11-4)15-13-9-2)27-17-22(6)36-32(27)33-28(34)18-29(38-33)31-26-16-21(5)35-30(26)23(7)37-31/h16-18,24-25H,8-15,19-20H2,1-7H3. The Morgan fingerprint density at radius 2 is 1.24 bits per heavy atom. The first-order valence-corrected chi connectivity index (χ1v) is 18.4. The van der Waals surface area contributed by atoms with Crippen molar-refractivity contribution in [1.82, 2.24) is 0 Å². The van der Waals surface area contributed by atoms with Gasteiger partial charge in [0.1, 0.15) is 0 Å². The van der Waals surface area contributed by atoms with Gasteiger partial charge in [0.15, 0.2) is 0 Å². The van der Waals surface area contributed by atoms with Crippen LogP contribution < -0.4 is 0 Å². The SMILES string of the molecule is CCCCC(CC)CC1(CC(CC)CCCC)c2cc(C)sc2-c2sc(-c3sc(C)c4sc(C)cc34)cc21. The Hall–Kier alpha value is -0.940. The summed E-state index contributed by atoms with van der Waals surface area (Å²) in [6.07, 6.45) is 13.4. The van der Waals surface area contributed by atoms with E-state index in [1.165, 1.54) is 98.7 Å². The number of hydrogen-bond donors (Lipinski definition) is 0. The lowest BCUT2D eigenvalue weighted by atomic mass is 9.65. The van der Waals surface area contributed by atoms with E-state index in [2.05, 4.69) is 89.3 Å². The molecule has 1 aliphatic rings. The third-order valence-corrected chi connectivity index (χ3v) is 14.0. The van der Waals surface area contributed by atoms with Gasteiger partial charge in [-0.15, -0.1) is 45.3 Å². The van der Waals surface area contributed by atoms with Gasteiger partial charge in [-0.05, 0) is 74.8 Å². The van der Waals surface area contributed by atoms with Gasteiger partial charge in [-0.25, -0.2) is 0 Å². The van der Waals surface area contributed by atoms with Crippen LogP contribution in [0.5, 0.6) is 0 Å². The summed E-state index contributed by atoms with van der Waals surface area (Å²) in [6.45, 7) is 16.5. The Labute approximate surface area is 247 Å². The summed E-state index contributed by atoms with van der Waals surface area (Å²) in [4.78, 5) is 10.7. The van der Waals surface area contributed by atoms with Crippen LogP contribution in [0.15, 0.2) is 18.2 Å². The lowest BCUT2D eigenvalue weighted by Gasteiger charge is -2.37. The monoisotopic (exact) mass is 582 g/mol. The molecule has 4 heterocycles. The van der Waals surface area contributed by atoms with E-state index in [9.17, 15) is 0 Å². The predicted octanol–water partition coefficient (Wildman–Crippen LogP) is 13.2. The van der Waals surface area contributed by atoms with Crippen LogP contribution >= 0.6 is 45.3 Å². The van der Waals surface area contributed by atoms with E-state index in [1.807, 2.05) is 22.7 Å². The molecule has 206 valence electrons. The Morgan fingerprint density at radius 1 is 0.658 bits per heavy atom. The second-order valence-corrected chi connectivity index (χ2v) is 16.7. The summed E-state index contributed by atoms with van der Waals surface area (Å²) in [5.41, 5.74) is 3.56. The van der Waals surface area contributed by atoms with E-state index >= 15 is 0 Å². The van der Waals surface area contributed by atoms with Crippen LogP contribution in [0, 0.1) is 32.6 Å². The fraction of sp³-hybridized carbons (Fsp3) is 0.588. The second-order valence-electron chi connectivity index (χ2n) is 11.9. The molecule has 5 rings (SSSR count). The number of hydrogen-bond acceptors (Lipinski definition) is 4. The molecule has 0 bridgehead atoms. The first-order chi connectivity index (χ1) is 18.3. The highest BCUT2D eigenvalue weighted by Crippen LogP contribution is 2.62. The molecule has 0 saturated carbocycles. The second kappa shape index (κ2) is 11.9. The van der Waals surface area contributed by atoms with E-state index in [0.29, 0.717) is 0 Å². The maximum Gasteiger partial charge on any atom is 0.0533 e. The lowest BCUT2D eigenvalue weighted by Crippen LogP contribution is -2.31. The van der Waals surface area contributed by atoms with Crippen molar-refractivity contribution >= 4 is 55.4 Å². The van der Waals surface area contributed by atoms with Crippen LogP contribution in [-0.2, 0) is 5.41 Å².